The van der Waals surface area contributed by atoms with Gasteiger partial charge in [0.25, 0.3) is 5.91 Å². The van der Waals surface area contributed by atoms with E-state index in [9.17, 15) is 14.0 Å². The molecule has 0 fully saturated rings. The Balaban J connectivity index is 1.81. The first-order chi connectivity index (χ1) is 16.2. The van der Waals surface area contributed by atoms with Crippen LogP contribution in [0.1, 0.15) is 48.4 Å². The standard InChI is InChI=1S/C25H27FN6O2/c1-6-32-23-21(28-16(4)33)11-17(25(34)27-14(2)19-13-31(5)30-15(19)3)12-22(23)29-24(32)18-9-7-8-10-20(18)26/h7-14H,6H2,1-5H3,(H,27,34)(H,28,33). The summed E-state index contributed by atoms with van der Waals surface area (Å²) in [4.78, 5) is 29.8. The quantitative estimate of drug-likeness (QED) is 0.445. The molecule has 8 nitrogen and oxygen atoms in total. The second kappa shape index (κ2) is 9.09. The zero-order chi connectivity index (χ0) is 24.6. The van der Waals surface area contributed by atoms with Crippen molar-refractivity contribution < 1.29 is 14.0 Å². The number of amides is 2. The number of imidazole rings is 1. The SMILES string of the molecule is CCn1c(-c2ccccc2F)nc2cc(C(=O)NC(C)c3cn(C)nc3C)cc(NC(C)=O)c21. The van der Waals surface area contributed by atoms with Crippen molar-refractivity contribution in [3.63, 3.8) is 0 Å². The second-order valence-electron chi connectivity index (χ2n) is 8.27. The topological polar surface area (TPSA) is 93.8 Å². The van der Waals surface area contributed by atoms with Crippen LogP contribution in [0.15, 0.2) is 42.6 Å². The molecule has 0 bridgehead atoms. The smallest absolute Gasteiger partial charge is 0.251 e. The molecule has 4 aromatic rings. The number of aromatic nitrogens is 4. The fraction of sp³-hybridized carbons (Fsp3) is 0.280. The largest absolute Gasteiger partial charge is 0.345 e. The number of aryl methyl sites for hydroxylation is 3. The van der Waals surface area contributed by atoms with E-state index < -0.39 is 5.82 Å². The van der Waals surface area contributed by atoms with Gasteiger partial charge in [-0.25, -0.2) is 9.37 Å². The fourth-order valence-corrected chi connectivity index (χ4v) is 4.24. The number of hydrogen-bond acceptors (Lipinski definition) is 4. The van der Waals surface area contributed by atoms with Crippen LogP contribution in [0.25, 0.3) is 22.4 Å². The molecule has 0 radical (unpaired) electrons. The van der Waals surface area contributed by atoms with Crippen molar-refractivity contribution in [2.24, 2.45) is 7.05 Å². The first-order valence-electron chi connectivity index (χ1n) is 11.1. The highest BCUT2D eigenvalue weighted by molar-refractivity contribution is 6.05. The highest BCUT2D eigenvalue weighted by atomic mass is 19.1. The minimum absolute atomic E-state index is 0.275. The Kier molecular flexibility index (Phi) is 6.19. The summed E-state index contributed by atoms with van der Waals surface area (Å²) in [6.45, 7) is 7.59. The molecule has 34 heavy (non-hydrogen) atoms. The maximum atomic E-state index is 14.6. The van der Waals surface area contributed by atoms with Gasteiger partial charge in [0.1, 0.15) is 11.6 Å². The Morgan fingerprint density at radius 2 is 1.94 bits per heavy atom. The Morgan fingerprint density at radius 1 is 1.21 bits per heavy atom. The van der Waals surface area contributed by atoms with Gasteiger partial charge in [-0.2, -0.15) is 5.10 Å². The van der Waals surface area contributed by atoms with Crippen LogP contribution in [-0.2, 0) is 18.4 Å². The third-order valence-corrected chi connectivity index (χ3v) is 5.71. The van der Waals surface area contributed by atoms with Gasteiger partial charge in [-0.3, -0.25) is 14.3 Å². The molecule has 0 saturated heterocycles. The molecule has 2 heterocycles. The van der Waals surface area contributed by atoms with Crippen LogP contribution < -0.4 is 10.6 Å². The van der Waals surface area contributed by atoms with Crippen LogP contribution in [0, 0.1) is 12.7 Å². The molecule has 9 heteroatoms. The zero-order valence-electron chi connectivity index (χ0n) is 19.8. The van der Waals surface area contributed by atoms with Gasteiger partial charge in [-0.05, 0) is 45.0 Å². The molecule has 0 spiro atoms. The lowest BCUT2D eigenvalue weighted by Crippen LogP contribution is -2.27. The van der Waals surface area contributed by atoms with Gasteiger partial charge in [0.2, 0.25) is 5.91 Å². The summed E-state index contributed by atoms with van der Waals surface area (Å²) in [7, 11) is 1.83. The van der Waals surface area contributed by atoms with E-state index in [-0.39, 0.29) is 17.9 Å². The van der Waals surface area contributed by atoms with Gasteiger partial charge in [0.05, 0.1) is 34.0 Å². The molecule has 0 aliphatic heterocycles. The predicted octanol–water partition coefficient (Wildman–Crippen LogP) is 4.35. The van der Waals surface area contributed by atoms with E-state index in [1.54, 1.807) is 35.0 Å². The number of hydrogen-bond donors (Lipinski definition) is 2. The molecule has 2 aromatic carbocycles. The molecule has 4 rings (SSSR count). The molecule has 0 saturated carbocycles. The van der Waals surface area contributed by atoms with Gasteiger partial charge in [-0.15, -0.1) is 0 Å². The number of halogens is 1. The zero-order valence-corrected chi connectivity index (χ0v) is 19.8. The third-order valence-electron chi connectivity index (χ3n) is 5.71. The van der Waals surface area contributed by atoms with Gasteiger partial charge in [0.15, 0.2) is 0 Å². The number of carbonyl (C=O) groups excluding carboxylic acids is 2. The van der Waals surface area contributed by atoms with E-state index in [2.05, 4.69) is 20.7 Å². The number of carbonyl (C=O) groups is 2. The number of nitrogens with one attached hydrogen (secondary N) is 2. The molecule has 1 atom stereocenters. The predicted molar refractivity (Wildman–Crippen MR) is 129 cm³/mol. The molecule has 176 valence electrons. The van der Waals surface area contributed by atoms with Crippen LogP contribution in [0.3, 0.4) is 0 Å². The lowest BCUT2D eigenvalue weighted by atomic mass is 10.1. The minimum atomic E-state index is -0.396. The maximum Gasteiger partial charge on any atom is 0.251 e. The van der Waals surface area contributed by atoms with Crippen LogP contribution in [0.5, 0.6) is 0 Å². The minimum Gasteiger partial charge on any atom is -0.345 e. The first-order valence-corrected chi connectivity index (χ1v) is 11.1. The van der Waals surface area contributed by atoms with Crippen LogP contribution in [0.4, 0.5) is 10.1 Å². The van der Waals surface area contributed by atoms with Gasteiger partial charge in [-0.1, -0.05) is 12.1 Å². The van der Waals surface area contributed by atoms with Crippen LogP contribution in [-0.4, -0.2) is 31.1 Å². The molecular formula is C25H27FN6O2. The van der Waals surface area contributed by atoms with Crippen molar-refractivity contribution in [1.29, 1.82) is 0 Å². The van der Waals surface area contributed by atoms with Crippen LogP contribution >= 0.6 is 0 Å². The number of anilines is 1. The number of fused-ring (bicyclic) bond motifs is 1. The summed E-state index contributed by atoms with van der Waals surface area (Å²) >= 11 is 0. The number of benzene rings is 2. The van der Waals surface area contributed by atoms with Crippen molar-refractivity contribution in [3.8, 4) is 11.4 Å². The molecule has 2 N–H and O–H groups in total. The average molecular weight is 463 g/mol. The van der Waals surface area contributed by atoms with Crippen molar-refractivity contribution in [2.45, 2.75) is 40.3 Å². The van der Waals surface area contributed by atoms with Crippen molar-refractivity contribution >= 4 is 28.5 Å². The van der Waals surface area contributed by atoms with E-state index in [0.717, 1.165) is 11.3 Å². The molecule has 1 unspecified atom stereocenters. The summed E-state index contributed by atoms with van der Waals surface area (Å²) in [5, 5.41) is 10.1. The third kappa shape index (κ3) is 4.28. The highest BCUT2D eigenvalue weighted by Crippen LogP contribution is 2.32. The lowest BCUT2D eigenvalue weighted by molar-refractivity contribution is -0.114. The average Bonchev–Trinajstić information content (AvgIpc) is 3.32. The highest BCUT2D eigenvalue weighted by Gasteiger charge is 2.22. The molecule has 0 aliphatic carbocycles. The van der Waals surface area contributed by atoms with Gasteiger partial charge in [0, 0.05) is 37.8 Å². The molecular weight excluding hydrogens is 435 g/mol. The van der Waals surface area contributed by atoms with Gasteiger partial charge < -0.3 is 15.2 Å². The van der Waals surface area contributed by atoms with E-state index in [0.29, 0.717) is 40.2 Å². The van der Waals surface area contributed by atoms with Crippen molar-refractivity contribution in [2.75, 3.05) is 5.32 Å². The summed E-state index contributed by atoms with van der Waals surface area (Å²) < 4.78 is 18.1. The molecule has 0 aliphatic rings. The van der Waals surface area contributed by atoms with Crippen molar-refractivity contribution in [1.82, 2.24) is 24.6 Å². The maximum absolute atomic E-state index is 14.6. The lowest BCUT2D eigenvalue weighted by Gasteiger charge is -2.15. The van der Waals surface area contributed by atoms with Gasteiger partial charge >= 0.3 is 0 Å². The Hall–Kier alpha value is -4.01. The summed E-state index contributed by atoms with van der Waals surface area (Å²) in [6.07, 6.45) is 1.87. The monoisotopic (exact) mass is 462 g/mol. The Bertz CT molecular complexity index is 1400. The summed E-state index contributed by atoms with van der Waals surface area (Å²) in [5.41, 5.74) is 3.99. The van der Waals surface area contributed by atoms with E-state index in [4.69, 9.17) is 0 Å². The van der Waals surface area contributed by atoms with E-state index >= 15 is 0 Å². The van der Waals surface area contributed by atoms with E-state index in [1.807, 2.05) is 38.6 Å². The number of nitrogens with zero attached hydrogens (tertiary/aromatic N) is 4. The van der Waals surface area contributed by atoms with E-state index in [1.165, 1.54) is 13.0 Å². The summed E-state index contributed by atoms with van der Waals surface area (Å²) in [5.74, 6) is -0.566. The number of rotatable bonds is 6. The first kappa shape index (κ1) is 23.2. The second-order valence-corrected chi connectivity index (χ2v) is 8.27. The Labute approximate surface area is 196 Å². The van der Waals surface area contributed by atoms with Crippen LogP contribution in [0.2, 0.25) is 0 Å². The molecule has 2 aromatic heterocycles. The van der Waals surface area contributed by atoms with Crippen molar-refractivity contribution in [3.05, 3.63) is 65.2 Å². The fourth-order valence-electron chi connectivity index (χ4n) is 4.24. The molecule has 2 amide bonds. The Morgan fingerprint density at radius 3 is 2.56 bits per heavy atom. The summed E-state index contributed by atoms with van der Waals surface area (Å²) in [6, 6.07) is 9.41. The normalized spacial score (nSPS) is 12.1.